The molecule has 0 fully saturated rings. The molecule has 0 spiro atoms. The minimum atomic E-state index is -4.61. The van der Waals surface area contributed by atoms with Gasteiger partial charge in [0.2, 0.25) is 0 Å². The van der Waals surface area contributed by atoms with Gasteiger partial charge in [-0.3, -0.25) is 10.1 Å². The Labute approximate surface area is 173 Å². The van der Waals surface area contributed by atoms with Crippen molar-refractivity contribution in [2.24, 2.45) is 0 Å². The topological polar surface area (TPSA) is 103 Å². The number of nitriles is 1. The zero-order valence-electron chi connectivity index (χ0n) is 16.0. The van der Waals surface area contributed by atoms with Crippen LogP contribution in [0.15, 0.2) is 41.4 Å². The summed E-state index contributed by atoms with van der Waals surface area (Å²) in [6, 6.07) is 6.74. The number of aromatic amines is 1. The van der Waals surface area contributed by atoms with E-state index in [9.17, 15) is 13.2 Å². The van der Waals surface area contributed by atoms with Crippen molar-refractivity contribution in [1.29, 1.82) is 5.26 Å². The van der Waals surface area contributed by atoms with E-state index in [-0.39, 0.29) is 12.0 Å². The molecular weight excluding hydrogens is 409 g/mol. The maximum atomic E-state index is 13.7. The van der Waals surface area contributed by atoms with Gasteiger partial charge in [-0.15, -0.1) is 0 Å². The number of rotatable bonds is 3. The van der Waals surface area contributed by atoms with Gasteiger partial charge in [0.25, 0.3) is 0 Å². The maximum Gasteiger partial charge on any atom is 0.418 e. The molecule has 1 aliphatic carbocycles. The molecule has 10 heteroatoms. The van der Waals surface area contributed by atoms with Crippen LogP contribution in [0, 0.1) is 11.3 Å². The van der Waals surface area contributed by atoms with Crippen LogP contribution < -0.4 is 5.32 Å². The molecule has 0 unspecified atom stereocenters. The molecule has 0 saturated heterocycles. The van der Waals surface area contributed by atoms with Crippen molar-refractivity contribution in [1.82, 2.24) is 20.2 Å². The van der Waals surface area contributed by atoms with Gasteiger partial charge in [0, 0.05) is 17.3 Å². The first-order chi connectivity index (χ1) is 15.0. The van der Waals surface area contributed by atoms with Crippen LogP contribution >= 0.6 is 0 Å². The second kappa shape index (κ2) is 7.12. The van der Waals surface area contributed by atoms with Crippen molar-refractivity contribution >= 4 is 16.6 Å². The summed E-state index contributed by atoms with van der Waals surface area (Å²) >= 11 is 0. The van der Waals surface area contributed by atoms with Crippen LogP contribution in [-0.2, 0) is 12.6 Å². The first-order valence-electron chi connectivity index (χ1n) is 9.58. The standard InChI is InChI=1S/C21H15F3N6O/c22-21(23,24)18-11(7-25)8-27-19-13(18)2-1-3-16(19)28-12-4-5-15-14(6-12)20(30-29-15)17-9-26-10-31-17/h4-6,8-10,16,28H,1-3H2,(H,29,30)/t16-/m1/s1. The molecule has 5 rings (SSSR count). The van der Waals surface area contributed by atoms with Crippen LogP contribution in [0.3, 0.4) is 0 Å². The fourth-order valence-electron chi connectivity index (χ4n) is 4.11. The van der Waals surface area contributed by atoms with E-state index in [0.29, 0.717) is 35.7 Å². The number of aromatic nitrogens is 4. The largest absolute Gasteiger partial charge is 0.442 e. The highest BCUT2D eigenvalue weighted by Gasteiger charge is 2.39. The molecule has 4 aromatic rings. The summed E-state index contributed by atoms with van der Waals surface area (Å²) in [6.45, 7) is 0. The fraction of sp³-hybridized carbons (Fsp3) is 0.238. The van der Waals surface area contributed by atoms with Crippen LogP contribution in [0.2, 0.25) is 0 Å². The van der Waals surface area contributed by atoms with Gasteiger partial charge in [0.15, 0.2) is 12.2 Å². The summed E-state index contributed by atoms with van der Waals surface area (Å²) in [6.07, 6.45) is 0.702. The lowest BCUT2D eigenvalue weighted by Gasteiger charge is -2.28. The molecule has 31 heavy (non-hydrogen) atoms. The molecule has 0 bridgehead atoms. The SMILES string of the molecule is N#Cc1cnc2c(c1C(F)(F)F)CCC[C@H]2Nc1ccc2[nH]nc(-c3cnco3)c2c1. The van der Waals surface area contributed by atoms with Gasteiger partial charge in [0.05, 0.1) is 34.6 Å². The van der Waals surface area contributed by atoms with Crippen LogP contribution in [0.1, 0.15) is 41.3 Å². The van der Waals surface area contributed by atoms with Crippen molar-refractivity contribution in [3.8, 4) is 17.5 Å². The van der Waals surface area contributed by atoms with Crippen LogP contribution in [-0.4, -0.2) is 20.2 Å². The third kappa shape index (κ3) is 3.28. The normalized spacial score (nSPS) is 16.1. The fourth-order valence-corrected chi connectivity index (χ4v) is 4.11. The molecule has 3 heterocycles. The van der Waals surface area contributed by atoms with Gasteiger partial charge >= 0.3 is 6.18 Å². The molecule has 0 aliphatic heterocycles. The van der Waals surface area contributed by atoms with E-state index in [1.807, 2.05) is 18.2 Å². The number of halogens is 3. The van der Waals surface area contributed by atoms with Crippen molar-refractivity contribution in [3.63, 3.8) is 0 Å². The number of hydrogen-bond acceptors (Lipinski definition) is 6. The average Bonchev–Trinajstić information content (AvgIpc) is 3.41. The molecule has 1 aromatic carbocycles. The van der Waals surface area contributed by atoms with Crippen LogP contribution in [0.5, 0.6) is 0 Å². The third-order valence-corrected chi connectivity index (χ3v) is 5.44. The molecule has 1 aliphatic rings. The van der Waals surface area contributed by atoms with Gasteiger partial charge in [-0.2, -0.15) is 23.5 Å². The molecular formula is C21H15F3N6O. The van der Waals surface area contributed by atoms with E-state index in [1.165, 1.54) is 6.39 Å². The summed E-state index contributed by atoms with van der Waals surface area (Å²) in [5.41, 5.74) is 1.22. The number of fused-ring (bicyclic) bond motifs is 2. The average molecular weight is 424 g/mol. The summed E-state index contributed by atoms with van der Waals surface area (Å²) < 4.78 is 46.3. The van der Waals surface area contributed by atoms with E-state index in [2.05, 4.69) is 25.5 Å². The minimum Gasteiger partial charge on any atom is -0.442 e. The lowest BCUT2D eigenvalue weighted by molar-refractivity contribution is -0.138. The van der Waals surface area contributed by atoms with Gasteiger partial charge in [-0.1, -0.05) is 0 Å². The molecule has 1 atom stereocenters. The molecule has 0 saturated carbocycles. The number of nitrogens with zero attached hydrogens (tertiary/aromatic N) is 4. The highest BCUT2D eigenvalue weighted by molar-refractivity contribution is 5.93. The molecule has 7 nitrogen and oxygen atoms in total. The lowest BCUT2D eigenvalue weighted by Crippen LogP contribution is -2.24. The van der Waals surface area contributed by atoms with Gasteiger partial charge in [-0.25, -0.2) is 4.98 Å². The smallest absolute Gasteiger partial charge is 0.418 e. The van der Waals surface area contributed by atoms with E-state index in [4.69, 9.17) is 9.68 Å². The number of hydrogen-bond donors (Lipinski definition) is 2. The van der Waals surface area contributed by atoms with E-state index in [1.54, 1.807) is 12.3 Å². The Bertz CT molecular complexity index is 1300. The summed E-state index contributed by atoms with van der Waals surface area (Å²) in [5.74, 6) is 0.506. The van der Waals surface area contributed by atoms with E-state index in [0.717, 1.165) is 17.1 Å². The van der Waals surface area contributed by atoms with Gasteiger partial charge in [0.1, 0.15) is 11.8 Å². The number of nitrogens with one attached hydrogen (secondary N) is 2. The quantitative estimate of drug-likeness (QED) is 0.480. The number of alkyl halides is 3. The van der Waals surface area contributed by atoms with Crippen molar-refractivity contribution in [3.05, 3.63) is 59.4 Å². The molecule has 3 aromatic heterocycles. The number of H-pyrrole nitrogens is 1. The molecule has 0 radical (unpaired) electrons. The lowest BCUT2D eigenvalue weighted by atomic mass is 9.87. The Morgan fingerprint density at radius 1 is 1.26 bits per heavy atom. The summed E-state index contributed by atoms with van der Waals surface area (Å²) in [4.78, 5) is 8.13. The number of pyridine rings is 1. The number of oxazole rings is 1. The van der Waals surface area contributed by atoms with E-state index >= 15 is 0 Å². The molecule has 0 amide bonds. The number of anilines is 1. The predicted octanol–water partition coefficient (Wildman–Crippen LogP) is 4.99. The van der Waals surface area contributed by atoms with Crippen LogP contribution in [0.25, 0.3) is 22.4 Å². The Balaban J connectivity index is 1.53. The zero-order valence-corrected chi connectivity index (χ0v) is 16.0. The van der Waals surface area contributed by atoms with Gasteiger partial charge in [-0.05, 0) is 43.0 Å². The van der Waals surface area contributed by atoms with Crippen molar-refractivity contribution < 1.29 is 17.6 Å². The summed E-state index contributed by atoms with van der Waals surface area (Å²) in [5, 5.41) is 20.4. The Morgan fingerprint density at radius 2 is 2.13 bits per heavy atom. The Hall–Kier alpha value is -3.87. The van der Waals surface area contributed by atoms with Crippen molar-refractivity contribution in [2.45, 2.75) is 31.5 Å². The first-order valence-corrected chi connectivity index (χ1v) is 9.58. The molecule has 2 N–H and O–H groups in total. The van der Waals surface area contributed by atoms with Crippen molar-refractivity contribution in [2.75, 3.05) is 5.32 Å². The Kier molecular flexibility index (Phi) is 4.39. The first kappa shape index (κ1) is 19.1. The van der Waals surface area contributed by atoms with Crippen LogP contribution in [0.4, 0.5) is 18.9 Å². The second-order valence-corrected chi connectivity index (χ2v) is 7.31. The summed E-state index contributed by atoms with van der Waals surface area (Å²) in [7, 11) is 0. The maximum absolute atomic E-state index is 13.7. The van der Waals surface area contributed by atoms with E-state index < -0.39 is 23.3 Å². The number of benzene rings is 1. The third-order valence-electron chi connectivity index (χ3n) is 5.44. The zero-order chi connectivity index (χ0) is 21.6. The Morgan fingerprint density at radius 3 is 2.87 bits per heavy atom. The monoisotopic (exact) mass is 424 g/mol. The highest BCUT2D eigenvalue weighted by Crippen LogP contribution is 2.41. The van der Waals surface area contributed by atoms with Gasteiger partial charge < -0.3 is 9.73 Å². The highest BCUT2D eigenvalue weighted by atomic mass is 19.4. The molecule has 156 valence electrons. The predicted molar refractivity (Wildman–Crippen MR) is 105 cm³/mol. The minimum absolute atomic E-state index is 0.0991. The second-order valence-electron chi connectivity index (χ2n) is 7.31.